The number of amides is 1. The summed E-state index contributed by atoms with van der Waals surface area (Å²) in [6, 6.07) is 6.14. The number of pyridine rings is 1. The summed E-state index contributed by atoms with van der Waals surface area (Å²) in [5, 5.41) is 12.5. The molecule has 0 saturated carbocycles. The van der Waals surface area contributed by atoms with Gasteiger partial charge in [0.25, 0.3) is 0 Å². The van der Waals surface area contributed by atoms with Gasteiger partial charge in [-0.15, -0.1) is 0 Å². The highest BCUT2D eigenvalue weighted by molar-refractivity contribution is 5.70. The monoisotopic (exact) mass is 444 g/mol. The van der Waals surface area contributed by atoms with Gasteiger partial charge >= 0.3 is 12.1 Å². The Bertz CT molecular complexity index is 810. The highest BCUT2D eigenvalue weighted by atomic mass is 16.6. The molecule has 0 aliphatic carbocycles. The van der Waals surface area contributed by atoms with E-state index in [0.29, 0.717) is 12.1 Å². The van der Waals surface area contributed by atoms with Crippen LogP contribution >= 0.6 is 0 Å². The van der Waals surface area contributed by atoms with Gasteiger partial charge in [-0.1, -0.05) is 0 Å². The standard InChI is InChI=1S/C24H36N4O4/c1-23(2,3)31-21(29)10-7-17(15-25)20-9-8-19(16-26-20)28-13-11-18(12-14-28)27-22(30)32-24(4,5)6/h8-9,16-18H,7,10-14H2,1-6H3,(H,27,30). The predicted molar refractivity (Wildman–Crippen MR) is 122 cm³/mol. The zero-order valence-corrected chi connectivity index (χ0v) is 20.1. The van der Waals surface area contributed by atoms with E-state index in [1.54, 1.807) is 6.20 Å². The number of alkyl carbamates (subject to hydrolysis) is 1. The number of nitrogens with one attached hydrogen (secondary N) is 1. The van der Waals surface area contributed by atoms with E-state index < -0.39 is 17.1 Å². The third-order valence-corrected chi connectivity index (χ3v) is 4.92. The molecule has 0 bridgehead atoms. The van der Waals surface area contributed by atoms with Crippen LogP contribution in [0.15, 0.2) is 18.3 Å². The average molecular weight is 445 g/mol. The van der Waals surface area contributed by atoms with Crippen LogP contribution in [0.4, 0.5) is 10.5 Å². The molecule has 1 aromatic rings. The predicted octanol–water partition coefficient (Wildman–Crippen LogP) is 4.30. The van der Waals surface area contributed by atoms with Crippen LogP contribution in [-0.4, -0.2) is 47.4 Å². The number of anilines is 1. The number of hydrogen-bond donors (Lipinski definition) is 1. The summed E-state index contributed by atoms with van der Waals surface area (Å²) in [5.41, 5.74) is 0.594. The van der Waals surface area contributed by atoms with Gasteiger partial charge in [-0.25, -0.2) is 4.79 Å². The maximum atomic E-state index is 12.0. The first-order chi connectivity index (χ1) is 14.9. The molecule has 1 unspecified atom stereocenters. The van der Waals surface area contributed by atoms with E-state index in [9.17, 15) is 14.9 Å². The molecule has 0 radical (unpaired) electrons. The summed E-state index contributed by atoms with van der Waals surface area (Å²) >= 11 is 0. The number of esters is 1. The first kappa shape index (κ1) is 25.4. The molecule has 0 spiro atoms. The largest absolute Gasteiger partial charge is 0.460 e. The molecule has 1 aliphatic rings. The van der Waals surface area contributed by atoms with Crippen molar-refractivity contribution in [3.63, 3.8) is 0 Å². The zero-order valence-electron chi connectivity index (χ0n) is 20.1. The van der Waals surface area contributed by atoms with Gasteiger partial charge in [0.1, 0.15) is 11.2 Å². The van der Waals surface area contributed by atoms with Crippen LogP contribution in [0.5, 0.6) is 0 Å². The lowest BCUT2D eigenvalue weighted by Crippen LogP contribution is -2.46. The summed E-state index contributed by atoms with van der Waals surface area (Å²) in [6.45, 7) is 12.6. The molecular formula is C24H36N4O4. The first-order valence-corrected chi connectivity index (χ1v) is 11.2. The normalized spacial score (nSPS) is 16.1. The molecule has 1 amide bonds. The van der Waals surface area contributed by atoms with Crippen molar-refractivity contribution in [3.05, 3.63) is 24.0 Å². The maximum absolute atomic E-state index is 12.0. The molecule has 0 aromatic carbocycles. The van der Waals surface area contributed by atoms with Crippen LogP contribution in [0.3, 0.4) is 0 Å². The Balaban J connectivity index is 1.85. The first-order valence-electron chi connectivity index (χ1n) is 11.2. The van der Waals surface area contributed by atoms with E-state index in [0.717, 1.165) is 31.6 Å². The molecule has 176 valence electrons. The second-order valence-electron chi connectivity index (χ2n) is 10.2. The van der Waals surface area contributed by atoms with Gasteiger partial charge < -0.3 is 19.7 Å². The topological polar surface area (TPSA) is 105 Å². The minimum absolute atomic E-state index is 0.0872. The van der Waals surface area contributed by atoms with E-state index in [2.05, 4.69) is 21.3 Å². The van der Waals surface area contributed by atoms with Crippen molar-refractivity contribution < 1.29 is 19.1 Å². The lowest BCUT2D eigenvalue weighted by molar-refractivity contribution is -0.154. The summed E-state index contributed by atoms with van der Waals surface area (Å²) in [7, 11) is 0. The van der Waals surface area contributed by atoms with E-state index in [4.69, 9.17) is 9.47 Å². The Hall–Kier alpha value is -2.82. The molecule has 1 atom stereocenters. The second-order valence-corrected chi connectivity index (χ2v) is 10.2. The summed E-state index contributed by atoms with van der Waals surface area (Å²) < 4.78 is 10.6. The van der Waals surface area contributed by atoms with Gasteiger partial charge in [-0.3, -0.25) is 9.78 Å². The third-order valence-electron chi connectivity index (χ3n) is 4.92. The molecule has 2 rings (SSSR count). The Kier molecular flexibility index (Phi) is 8.48. The number of ether oxygens (including phenoxy) is 2. The molecule has 32 heavy (non-hydrogen) atoms. The van der Waals surface area contributed by atoms with E-state index >= 15 is 0 Å². The highest BCUT2D eigenvalue weighted by Gasteiger charge is 2.24. The van der Waals surface area contributed by atoms with Crippen molar-refractivity contribution in [1.82, 2.24) is 10.3 Å². The fraction of sp³-hybridized carbons (Fsp3) is 0.667. The number of nitriles is 1. The number of carbonyl (C=O) groups excluding carboxylic acids is 2. The molecule has 1 fully saturated rings. The van der Waals surface area contributed by atoms with Gasteiger partial charge in [0, 0.05) is 25.6 Å². The lowest BCUT2D eigenvalue weighted by Gasteiger charge is -2.34. The fourth-order valence-electron chi connectivity index (χ4n) is 3.48. The number of piperidine rings is 1. The number of nitrogens with zero attached hydrogens (tertiary/aromatic N) is 3. The summed E-state index contributed by atoms with van der Waals surface area (Å²) in [6.07, 6.45) is 3.58. The molecule has 8 nitrogen and oxygen atoms in total. The number of hydrogen-bond acceptors (Lipinski definition) is 7. The molecule has 2 heterocycles. The summed E-state index contributed by atoms with van der Waals surface area (Å²) in [5.74, 6) is -0.766. The van der Waals surface area contributed by atoms with Crippen LogP contribution in [0.1, 0.15) is 78.8 Å². The smallest absolute Gasteiger partial charge is 0.407 e. The van der Waals surface area contributed by atoms with Gasteiger partial charge in [-0.2, -0.15) is 5.26 Å². The van der Waals surface area contributed by atoms with Crippen molar-refractivity contribution in [2.24, 2.45) is 0 Å². The van der Waals surface area contributed by atoms with Gasteiger partial charge in [0.05, 0.1) is 29.6 Å². The maximum Gasteiger partial charge on any atom is 0.407 e. The fourth-order valence-corrected chi connectivity index (χ4v) is 3.48. The molecule has 1 aromatic heterocycles. The minimum Gasteiger partial charge on any atom is -0.460 e. The summed E-state index contributed by atoms with van der Waals surface area (Å²) in [4.78, 5) is 30.6. The lowest BCUT2D eigenvalue weighted by atomic mass is 10.00. The van der Waals surface area contributed by atoms with Crippen LogP contribution in [0.25, 0.3) is 0 Å². The highest BCUT2D eigenvalue weighted by Crippen LogP contribution is 2.24. The van der Waals surface area contributed by atoms with Crippen molar-refractivity contribution in [3.8, 4) is 6.07 Å². The minimum atomic E-state index is -0.533. The quantitative estimate of drug-likeness (QED) is 0.652. The molecule has 1 saturated heterocycles. The van der Waals surface area contributed by atoms with Crippen molar-refractivity contribution >= 4 is 17.7 Å². The van der Waals surface area contributed by atoms with Crippen molar-refractivity contribution in [2.75, 3.05) is 18.0 Å². The Labute approximate surface area is 191 Å². The SMILES string of the molecule is CC(C)(C)OC(=O)CCC(C#N)c1ccc(N2CCC(NC(=O)OC(C)(C)C)CC2)cn1. The Morgan fingerprint density at radius 2 is 1.78 bits per heavy atom. The number of rotatable bonds is 6. The molecule has 8 heteroatoms. The van der Waals surface area contributed by atoms with Crippen molar-refractivity contribution in [2.45, 2.75) is 90.4 Å². The van der Waals surface area contributed by atoms with Crippen LogP contribution in [0, 0.1) is 11.3 Å². The average Bonchev–Trinajstić information content (AvgIpc) is 2.67. The van der Waals surface area contributed by atoms with Crippen molar-refractivity contribution in [1.29, 1.82) is 5.26 Å². The van der Waals surface area contributed by atoms with E-state index in [1.165, 1.54) is 0 Å². The number of carbonyl (C=O) groups is 2. The molecular weight excluding hydrogens is 408 g/mol. The third kappa shape index (κ3) is 8.74. The van der Waals surface area contributed by atoms with Crippen LogP contribution in [0.2, 0.25) is 0 Å². The second kappa shape index (κ2) is 10.7. The zero-order chi connectivity index (χ0) is 23.9. The van der Waals surface area contributed by atoms with Gasteiger partial charge in [-0.05, 0) is 72.9 Å². The molecule has 1 N–H and O–H groups in total. The Morgan fingerprint density at radius 1 is 1.16 bits per heavy atom. The van der Waals surface area contributed by atoms with E-state index in [1.807, 2.05) is 53.7 Å². The van der Waals surface area contributed by atoms with Crippen LogP contribution in [-0.2, 0) is 14.3 Å². The van der Waals surface area contributed by atoms with Crippen LogP contribution < -0.4 is 10.2 Å². The van der Waals surface area contributed by atoms with E-state index in [-0.39, 0.29) is 24.5 Å². The Morgan fingerprint density at radius 3 is 2.28 bits per heavy atom. The van der Waals surface area contributed by atoms with Gasteiger partial charge in [0.15, 0.2) is 0 Å². The van der Waals surface area contributed by atoms with Gasteiger partial charge in [0.2, 0.25) is 0 Å². The molecule has 1 aliphatic heterocycles. The number of aromatic nitrogens is 1.